The molecule has 7 nitrogen and oxygen atoms in total. The molecule has 7 heteroatoms. The Labute approximate surface area is 181 Å². The van der Waals surface area contributed by atoms with Gasteiger partial charge in [0, 0.05) is 17.4 Å². The first-order valence-corrected chi connectivity index (χ1v) is 11.0. The number of azide groups is 1. The topological polar surface area (TPSA) is 87.5 Å². The fourth-order valence-electron chi connectivity index (χ4n) is 5.52. The van der Waals surface area contributed by atoms with E-state index < -0.39 is 0 Å². The second-order valence-electron chi connectivity index (χ2n) is 8.64. The minimum atomic E-state index is -0.242. The molecule has 2 fully saturated rings. The number of morpholine rings is 1. The van der Waals surface area contributed by atoms with E-state index in [1.54, 1.807) is 0 Å². The number of hydrogen-bond acceptors (Lipinski definition) is 4. The number of carbonyl (C=O) groups is 1. The van der Waals surface area contributed by atoms with Crippen molar-refractivity contribution in [1.29, 1.82) is 0 Å². The predicted octanol–water partition coefficient (Wildman–Crippen LogP) is 5.12. The molecule has 0 saturated carbocycles. The number of fused-ring (bicyclic) bond motifs is 5. The van der Waals surface area contributed by atoms with Crippen LogP contribution >= 0.6 is 0 Å². The molecule has 2 atom stereocenters. The molecule has 1 amide bonds. The fourth-order valence-corrected chi connectivity index (χ4v) is 5.52. The van der Waals surface area contributed by atoms with E-state index in [1.165, 1.54) is 22.3 Å². The van der Waals surface area contributed by atoms with Crippen LogP contribution in [0.3, 0.4) is 0 Å². The number of ether oxygens (including phenoxy) is 2. The first kappa shape index (κ1) is 19.9. The van der Waals surface area contributed by atoms with Gasteiger partial charge in [-0.3, -0.25) is 4.90 Å². The second-order valence-corrected chi connectivity index (χ2v) is 8.64. The van der Waals surface area contributed by atoms with Crippen LogP contribution in [0.15, 0.2) is 53.6 Å². The van der Waals surface area contributed by atoms with E-state index in [0.717, 1.165) is 19.3 Å². The fraction of sp³-hybridized carbons (Fsp3) is 0.458. The number of amides is 1. The maximum absolute atomic E-state index is 13.1. The maximum Gasteiger partial charge on any atom is 0.410 e. The van der Waals surface area contributed by atoms with Crippen LogP contribution in [0.4, 0.5) is 4.79 Å². The van der Waals surface area contributed by atoms with Crippen molar-refractivity contribution in [2.45, 2.75) is 37.3 Å². The van der Waals surface area contributed by atoms with E-state index in [2.05, 4.69) is 46.4 Å². The normalized spacial score (nSPS) is 24.1. The molecule has 0 N–H and O–H groups in total. The smallest absolute Gasteiger partial charge is 0.410 e. The SMILES string of the molecule is [N-]=[N+]=NCCC1CC2COCC(C1)N2C(=O)OCC1c2ccccc2-c2ccccc21. The molecule has 2 aromatic rings. The van der Waals surface area contributed by atoms with Gasteiger partial charge < -0.3 is 9.47 Å². The highest BCUT2D eigenvalue weighted by Gasteiger charge is 2.42. The highest BCUT2D eigenvalue weighted by Crippen LogP contribution is 2.44. The molecule has 0 radical (unpaired) electrons. The molecule has 2 saturated heterocycles. The molecular formula is C24H26N4O3. The Hall–Kier alpha value is -3.02. The van der Waals surface area contributed by atoms with Crippen LogP contribution in [0.2, 0.25) is 0 Å². The van der Waals surface area contributed by atoms with Crippen molar-refractivity contribution in [2.24, 2.45) is 11.0 Å². The quantitative estimate of drug-likeness (QED) is 0.384. The van der Waals surface area contributed by atoms with E-state index in [9.17, 15) is 4.79 Å². The summed E-state index contributed by atoms with van der Waals surface area (Å²) in [5, 5.41) is 3.67. The molecule has 5 rings (SSSR count). The summed E-state index contributed by atoms with van der Waals surface area (Å²) in [6, 6.07) is 16.8. The third kappa shape index (κ3) is 3.75. The van der Waals surface area contributed by atoms with Gasteiger partial charge in [-0.15, -0.1) is 0 Å². The van der Waals surface area contributed by atoms with E-state index in [1.807, 2.05) is 17.0 Å². The van der Waals surface area contributed by atoms with Crippen LogP contribution in [-0.2, 0) is 9.47 Å². The summed E-state index contributed by atoms with van der Waals surface area (Å²) in [5.74, 6) is 0.510. The lowest BCUT2D eigenvalue weighted by Gasteiger charge is -2.47. The van der Waals surface area contributed by atoms with Crippen molar-refractivity contribution in [3.63, 3.8) is 0 Å². The van der Waals surface area contributed by atoms with Gasteiger partial charge in [0.05, 0.1) is 25.3 Å². The highest BCUT2D eigenvalue weighted by atomic mass is 16.6. The third-order valence-electron chi connectivity index (χ3n) is 6.87. The average molecular weight is 418 g/mol. The van der Waals surface area contributed by atoms with Gasteiger partial charge in [-0.1, -0.05) is 53.6 Å². The van der Waals surface area contributed by atoms with Gasteiger partial charge >= 0.3 is 6.09 Å². The number of piperidine rings is 1. The van der Waals surface area contributed by atoms with Crippen molar-refractivity contribution in [1.82, 2.24) is 4.90 Å². The summed E-state index contributed by atoms with van der Waals surface area (Å²) >= 11 is 0. The number of rotatable bonds is 5. The molecule has 1 aliphatic carbocycles. The average Bonchev–Trinajstić information content (AvgIpc) is 3.11. The number of nitrogens with zero attached hydrogens (tertiary/aromatic N) is 4. The Morgan fingerprint density at radius 3 is 2.29 bits per heavy atom. The highest BCUT2D eigenvalue weighted by molar-refractivity contribution is 5.79. The van der Waals surface area contributed by atoms with E-state index in [0.29, 0.717) is 32.3 Å². The molecule has 2 bridgehead atoms. The summed E-state index contributed by atoms with van der Waals surface area (Å²) < 4.78 is 11.6. The predicted molar refractivity (Wildman–Crippen MR) is 117 cm³/mol. The molecule has 160 valence electrons. The Kier molecular flexibility index (Phi) is 5.53. The lowest BCUT2D eigenvalue weighted by atomic mass is 9.83. The lowest BCUT2D eigenvalue weighted by Crippen LogP contribution is -2.59. The zero-order valence-corrected chi connectivity index (χ0v) is 17.4. The van der Waals surface area contributed by atoms with Gasteiger partial charge in [-0.25, -0.2) is 4.79 Å². The molecular weight excluding hydrogens is 392 g/mol. The molecule has 2 aliphatic heterocycles. The van der Waals surface area contributed by atoms with E-state index in [4.69, 9.17) is 15.0 Å². The Morgan fingerprint density at radius 1 is 1.06 bits per heavy atom. The first-order chi connectivity index (χ1) is 15.3. The molecule has 2 aromatic carbocycles. The van der Waals surface area contributed by atoms with Crippen molar-refractivity contribution in [2.75, 3.05) is 26.4 Å². The second kappa shape index (κ2) is 8.61. The van der Waals surface area contributed by atoms with Crippen LogP contribution in [0, 0.1) is 5.92 Å². The summed E-state index contributed by atoms with van der Waals surface area (Å²) in [6.07, 6.45) is 2.34. The third-order valence-corrected chi connectivity index (χ3v) is 6.87. The first-order valence-electron chi connectivity index (χ1n) is 11.0. The van der Waals surface area contributed by atoms with Gasteiger partial charge in [0.1, 0.15) is 6.61 Å². The number of carbonyl (C=O) groups excluding carboxylic acids is 1. The molecule has 0 aromatic heterocycles. The number of benzene rings is 2. The minimum absolute atomic E-state index is 0.0271. The van der Waals surface area contributed by atoms with Gasteiger partial charge in [0.15, 0.2) is 0 Å². The largest absolute Gasteiger partial charge is 0.448 e. The molecule has 31 heavy (non-hydrogen) atoms. The van der Waals surface area contributed by atoms with Crippen molar-refractivity contribution in [3.8, 4) is 11.1 Å². The Bertz CT molecular complexity index is 960. The van der Waals surface area contributed by atoms with Crippen molar-refractivity contribution in [3.05, 3.63) is 70.1 Å². The monoisotopic (exact) mass is 418 g/mol. The van der Waals surface area contributed by atoms with E-state index in [-0.39, 0.29) is 24.1 Å². The van der Waals surface area contributed by atoms with Crippen LogP contribution in [0.5, 0.6) is 0 Å². The summed E-state index contributed by atoms with van der Waals surface area (Å²) in [6.45, 7) is 1.92. The van der Waals surface area contributed by atoms with Gasteiger partial charge in [0.25, 0.3) is 0 Å². The van der Waals surface area contributed by atoms with Gasteiger partial charge in [-0.2, -0.15) is 0 Å². The standard InChI is InChI=1S/C24H26N4O3/c25-27-26-10-9-16-11-17-13-30-14-18(12-16)28(17)24(29)31-15-23-21-7-3-1-5-19(21)20-6-2-4-8-22(20)23/h1-8,16-18,23H,9-15H2. The minimum Gasteiger partial charge on any atom is -0.448 e. The Balaban J connectivity index is 1.28. The zero-order chi connectivity index (χ0) is 21.2. The summed E-state index contributed by atoms with van der Waals surface area (Å²) in [7, 11) is 0. The number of hydrogen-bond donors (Lipinski definition) is 0. The van der Waals surface area contributed by atoms with Crippen LogP contribution in [0.25, 0.3) is 21.6 Å². The van der Waals surface area contributed by atoms with Crippen molar-refractivity contribution < 1.29 is 14.3 Å². The van der Waals surface area contributed by atoms with Crippen LogP contribution in [-0.4, -0.2) is 49.4 Å². The van der Waals surface area contributed by atoms with Crippen molar-refractivity contribution >= 4 is 6.09 Å². The molecule has 3 aliphatic rings. The molecule has 2 unspecified atom stereocenters. The summed E-state index contributed by atoms with van der Waals surface area (Å²) in [5.41, 5.74) is 13.4. The molecule has 0 spiro atoms. The summed E-state index contributed by atoms with van der Waals surface area (Å²) in [4.78, 5) is 17.9. The molecule has 2 heterocycles. The van der Waals surface area contributed by atoms with Gasteiger partial charge in [0.2, 0.25) is 0 Å². The maximum atomic E-state index is 13.1. The Morgan fingerprint density at radius 2 is 1.68 bits per heavy atom. The lowest BCUT2D eigenvalue weighted by molar-refractivity contribution is -0.0791. The van der Waals surface area contributed by atoms with E-state index >= 15 is 0 Å². The van der Waals surface area contributed by atoms with Gasteiger partial charge in [-0.05, 0) is 53.0 Å². The zero-order valence-electron chi connectivity index (χ0n) is 17.4. The van der Waals surface area contributed by atoms with Crippen LogP contribution in [0.1, 0.15) is 36.3 Å². The van der Waals surface area contributed by atoms with Crippen LogP contribution < -0.4 is 0 Å².